The molecule has 3 nitrogen and oxygen atoms in total. The van der Waals surface area contributed by atoms with Gasteiger partial charge in [-0.1, -0.05) is 13.8 Å². The van der Waals surface area contributed by atoms with E-state index < -0.39 is 0 Å². The minimum Gasteiger partial charge on any atom is -0.375 e. The normalized spacial score (nSPS) is 13.4. The highest BCUT2D eigenvalue weighted by Crippen LogP contribution is 2.35. The van der Waals surface area contributed by atoms with E-state index in [-0.39, 0.29) is 5.60 Å². The predicted octanol–water partition coefficient (Wildman–Crippen LogP) is 4.27. The summed E-state index contributed by atoms with van der Waals surface area (Å²) in [6.45, 7) is 12.2. The molecule has 0 spiro atoms. The fraction of sp³-hybridized carbons (Fsp3) is 1.00. The molecule has 0 aliphatic heterocycles. The molecule has 0 saturated carbocycles. The third-order valence-electron chi connectivity index (χ3n) is 5.00. The lowest BCUT2D eigenvalue weighted by atomic mass is 9.77. The molecule has 22 heavy (non-hydrogen) atoms. The third kappa shape index (κ3) is 9.81. The van der Waals surface area contributed by atoms with Gasteiger partial charge >= 0.3 is 0 Å². The van der Waals surface area contributed by atoms with E-state index in [0.29, 0.717) is 5.41 Å². The van der Waals surface area contributed by atoms with Gasteiger partial charge in [0.25, 0.3) is 0 Å². The Balaban J connectivity index is 4.67. The summed E-state index contributed by atoms with van der Waals surface area (Å²) < 4.78 is 6.32. The highest BCUT2D eigenvalue weighted by molar-refractivity contribution is 4.80. The molecule has 0 aliphatic rings. The van der Waals surface area contributed by atoms with Gasteiger partial charge < -0.3 is 14.5 Å². The van der Waals surface area contributed by atoms with Gasteiger partial charge in [-0.15, -0.1) is 0 Å². The first-order chi connectivity index (χ1) is 10.2. The lowest BCUT2D eigenvalue weighted by molar-refractivity contribution is -0.0726. The van der Waals surface area contributed by atoms with Gasteiger partial charge in [0.15, 0.2) is 0 Å². The monoisotopic (exact) mass is 314 g/mol. The second-order valence-corrected chi connectivity index (χ2v) is 8.07. The van der Waals surface area contributed by atoms with E-state index in [2.05, 4.69) is 65.7 Å². The van der Waals surface area contributed by atoms with Crippen LogP contribution in [0.1, 0.15) is 66.2 Å². The minimum atomic E-state index is 0.00349. The Bertz CT molecular complexity index is 261. The van der Waals surface area contributed by atoms with E-state index >= 15 is 0 Å². The molecule has 134 valence electrons. The van der Waals surface area contributed by atoms with E-state index in [0.717, 1.165) is 13.0 Å². The van der Waals surface area contributed by atoms with Crippen LogP contribution >= 0.6 is 0 Å². The summed E-state index contributed by atoms with van der Waals surface area (Å²) in [6.07, 6.45) is 7.36. The van der Waals surface area contributed by atoms with Crippen LogP contribution in [0.25, 0.3) is 0 Å². The maximum absolute atomic E-state index is 6.32. The van der Waals surface area contributed by atoms with Crippen molar-refractivity contribution in [3.05, 3.63) is 0 Å². The molecule has 0 saturated heterocycles. The van der Waals surface area contributed by atoms with Crippen LogP contribution in [0.5, 0.6) is 0 Å². The molecule has 0 atom stereocenters. The molecular weight excluding hydrogens is 272 g/mol. The summed E-state index contributed by atoms with van der Waals surface area (Å²) in [5, 5.41) is 0. The molecule has 0 bridgehead atoms. The van der Waals surface area contributed by atoms with Crippen molar-refractivity contribution in [1.29, 1.82) is 0 Å². The van der Waals surface area contributed by atoms with E-state index in [1.807, 2.05) is 0 Å². The third-order valence-corrected chi connectivity index (χ3v) is 5.00. The van der Waals surface area contributed by atoms with Gasteiger partial charge in [0.1, 0.15) is 0 Å². The first kappa shape index (κ1) is 21.9. The minimum absolute atomic E-state index is 0.00349. The molecule has 0 radical (unpaired) electrons. The second kappa shape index (κ2) is 10.6. The van der Waals surface area contributed by atoms with Crippen LogP contribution in [0.15, 0.2) is 0 Å². The molecule has 0 N–H and O–H groups in total. The SMILES string of the molecule is CCC(CCCN(C)C)(CCCN(C)C)COC(C)(C)CC. The van der Waals surface area contributed by atoms with Crippen molar-refractivity contribution in [3.63, 3.8) is 0 Å². The molecule has 0 amide bonds. The summed E-state index contributed by atoms with van der Waals surface area (Å²) in [5.74, 6) is 0. The topological polar surface area (TPSA) is 15.7 Å². The van der Waals surface area contributed by atoms with Crippen LogP contribution in [0, 0.1) is 5.41 Å². The summed E-state index contributed by atoms with van der Waals surface area (Å²) in [7, 11) is 8.65. The van der Waals surface area contributed by atoms with Crippen molar-refractivity contribution in [2.75, 3.05) is 47.9 Å². The van der Waals surface area contributed by atoms with Crippen LogP contribution in [-0.4, -0.2) is 63.3 Å². The molecule has 3 heteroatoms. The lowest BCUT2D eigenvalue weighted by Crippen LogP contribution is -2.34. The van der Waals surface area contributed by atoms with Gasteiger partial charge in [-0.05, 0) is 99.1 Å². The molecule has 0 unspecified atom stereocenters. The van der Waals surface area contributed by atoms with Crippen LogP contribution in [0.4, 0.5) is 0 Å². The van der Waals surface area contributed by atoms with Crippen LogP contribution < -0.4 is 0 Å². The zero-order valence-corrected chi connectivity index (χ0v) is 16.7. The molecule has 0 rings (SSSR count). The zero-order valence-electron chi connectivity index (χ0n) is 16.7. The molecular formula is C19H42N2O. The van der Waals surface area contributed by atoms with Crippen molar-refractivity contribution < 1.29 is 4.74 Å². The Hall–Kier alpha value is -0.120. The van der Waals surface area contributed by atoms with Crippen molar-refractivity contribution >= 4 is 0 Å². The Morgan fingerprint density at radius 2 is 1.23 bits per heavy atom. The molecule has 0 fully saturated rings. The van der Waals surface area contributed by atoms with E-state index in [1.54, 1.807) is 0 Å². The predicted molar refractivity (Wildman–Crippen MR) is 98.6 cm³/mol. The van der Waals surface area contributed by atoms with Crippen LogP contribution in [0.2, 0.25) is 0 Å². The summed E-state index contributed by atoms with van der Waals surface area (Å²) in [4.78, 5) is 4.58. The van der Waals surface area contributed by atoms with Gasteiger partial charge in [0.2, 0.25) is 0 Å². The largest absolute Gasteiger partial charge is 0.375 e. The van der Waals surface area contributed by atoms with E-state index in [1.165, 1.54) is 45.2 Å². The van der Waals surface area contributed by atoms with Crippen molar-refractivity contribution in [1.82, 2.24) is 9.80 Å². The fourth-order valence-electron chi connectivity index (χ4n) is 2.72. The van der Waals surface area contributed by atoms with Gasteiger partial charge in [-0.3, -0.25) is 0 Å². The summed E-state index contributed by atoms with van der Waals surface area (Å²) in [5.41, 5.74) is 0.349. The van der Waals surface area contributed by atoms with Gasteiger partial charge in [-0.2, -0.15) is 0 Å². The Morgan fingerprint density at radius 3 is 1.55 bits per heavy atom. The standard InChI is InChI=1S/C19H42N2O/c1-9-18(3,4)22-17-19(10-2,13-11-15-20(5)6)14-12-16-21(7)8/h9-17H2,1-8H3. The molecule has 0 heterocycles. The zero-order chi connectivity index (χ0) is 17.2. The highest BCUT2D eigenvalue weighted by Gasteiger charge is 2.30. The number of nitrogens with zero attached hydrogens (tertiary/aromatic N) is 2. The maximum atomic E-state index is 6.32. The van der Waals surface area contributed by atoms with Crippen LogP contribution in [0.3, 0.4) is 0 Å². The van der Waals surface area contributed by atoms with Gasteiger partial charge in [0, 0.05) is 0 Å². The van der Waals surface area contributed by atoms with Crippen LogP contribution in [-0.2, 0) is 4.74 Å². The van der Waals surface area contributed by atoms with Crippen molar-refractivity contribution in [3.8, 4) is 0 Å². The smallest absolute Gasteiger partial charge is 0.0624 e. The first-order valence-corrected chi connectivity index (χ1v) is 9.10. The van der Waals surface area contributed by atoms with Gasteiger partial charge in [-0.25, -0.2) is 0 Å². The summed E-state index contributed by atoms with van der Waals surface area (Å²) >= 11 is 0. The Morgan fingerprint density at radius 1 is 0.773 bits per heavy atom. The average molecular weight is 315 g/mol. The van der Waals surface area contributed by atoms with E-state index in [4.69, 9.17) is 4.74 Å². The number of ether oxygens (including phenoxy) is 1. The maximum Gasteiger partial charge on any atom is 0.0624 e. The Kier molecular flexibility index (Phi) is 10.6. The average Bonchev–Trinajstić information content (AvgIpc) is 2.43. The highest BCUT2D eigenvalue weighted by atomic mass is 16.5. The van der Waals surface area contributed by atoms with Gasteiger partial charge in [0.05, 0.1) is 12.2 Å². The fourth-order valence-corrected chi connectivity index (χ4v) is 2.72. The van der Waals surface area contributed by atoms with Crippen molar-refractivity contribution in [2.45, 2.75) is 71.8 Å². The first-order valence-electron chi connectivity index (χ1n) is 9.10. The number of rotatable bonds is 13. The Labute approximate surface area is 140 Å². The lowest BCUT2D eigenvalue weighted by Gasteiger charge is -2.37. The number of hydrogen-bond donors (Lipinski definition) is 0. The molecule has 0 aromatic heterocycles. The molecule has 0 aromatic rings. The molecule has 0 aliphatic carbocycles. The summed E-state index contributed by atoms with van der Waals surface area (Å²) in [6, 6.07) is 0. The van der Waals surface area contributed by atoms with E-state index in [9.17, 15) is 0 Å². The second-order valence-electron chi connectivity index (χ2n) is 8.07. The number of hydrogen-bond acceptors (Lipinski definition) is 3. The van der Waals surface area contributed by atoms with Crippen molar-refractivity contribution in [2.24, 2.45) is 5.41 Å². The quantitative estimate of drug-likeness (QED) is 0.505. The molecule has 0 aromatic carbocycles.